The Kier molecular flexibility index (Phi) is 2.50. The lowest BCUT2D eigenvalue weighted by Gasteiger charge is -2.01. The predicted molar refractivity (Wildman–Crippen MR) is 64.7 cm³/mol. The van der Waals surface area contributed by atoms with Crippen molar-refractivity contribution in [3.05, 3.63) is 34.5 Å². The van der Waals surface area contributed by atoms with Gasteiger partial charge in [-0.05, 0) is 38.5 Å². The Hall–Kier alpha value is -2.10. The summed E-state index contributed by atoms with van der Waals surface area (Å²) in [4.78, 5) is 25.7. The number of aromatic nitrogens is 1. The van der Waals surface area contributed by atoms with Gasteiger partial charge in [0.2, 0.25) is 0 Å². The maximum absolute atomic E-state index is 11.6. The highest BCUT2D eigenvalue weighted by molar-refractivity contribution is 6.10. The van der Waals surface area contributed by atoms with Gasteiger partial charge in [-0.25, -0.2) is 4.79 Å². The molecule has 1 aromatic heterocycles. The predicted octanol–water partition coefficient (Wildman–Crippen LogP) is 2.69. The highest BCUT2D eigenvalue weighted by Gasteiger charge is 2.16. The molecular formula is C13H13NO3. The summed E-state index contributed by atoms with van der Waals surface area (Å²) in [6.07, 6.45) is 0. The smallest absolute Gasteiger partial charge is 0.335 e. The minimum Gasteiger partial charge on any atom is -0.478 e. The molecule has 0 atom stereocenters. The molecule has 0 saturated carbocycles. The summed E-state index contributed by atoms with van der Waals surface area (Å²) < 4.78 is 0. The number of nitrogens with one attached hydrogen (secondary N) is 1. The zero-order valence-electron chi connectivity index (χ0n) is 9.92. The molecule has 2 rings (SSSR count). The van der Waals surface area contributed by atoms with Gasteiger partial charge in [0.25, 0.3) is 0 Å². The largest absolute Gasteiger partial charge is 0.478 e. The highest BCUT2D eigenvalue weighted by Crippen LogP contribution is 2.26. The number of aromatic carboxylic acids is 1. The van der Waals surface area contributed by atoms with Crippen molar-refractivity contribution in [2.75, 3.05) is 0 Å². The standard InChI is InChI=1S/C13H13NO3/c1-6-4-9(13(16)17)5-10-11(8(3)15)7(2)14-12(6)10/h4-5,14H,1-3H3,(H,16,17). The summed E-state index contributed by atoms with van der Waals surface area (Å²) in [5, 5.41) is 9.70. The number of carbonyl (C=O) groups is 2. The lowest BCUT2D eigenvalue weighted by Crippen LogP contribution is -1.98. The summed E-state index contributed by atoms with van der Waals surface area (Å²) in [5.41, 5.74) is 3.22. The first-order chi connectivity index (χ1) is 7.91. The van der Waals surface area contributed by atoms with Crippen LogP contribution in [0, 0.1) is 13.8 Å². The number of carbonyl (C=O) groups excluding carboxylic acids is 1. The molecule has 0 spiro atoms. The molecule has 0 fully saturated rings. The van der Waals surface area contributed by atoms with Gasteiger partial charge >= 0.3 is 5.97 Å². The summed E-state index contributed by atoms with van der Waals surface area (Å²) in [7, 11) is 0. The molecule has 0 aliphatic carbocycles. The number of rotatable bonds is 2. The molecule has 2 N–H and O–H groups in total. The molecule has 0 bridgehead atoms. The van der Waals surface area contributed by atoms with E-state index in [0.29, 0.717) is 10.9 Å². The summed E-state index contributed by atoms with van der Waals surface area (Å²) in [5.74, 6) is -1.04. The van der Waals surface area contributed by atoms with E-state index >= 15 is 0 Å². The van der Waals surface area contributed by atoms with E-state index in [1.54, 1.807) is 12.1 Å². The van der Waals surface area contributed by atoms with Crippen molar-refractivity contribution >= 4 is 22.7 Å². The van der Waals surface area contributed by atoms with Crippen LogP contribution in [0.15, 0.2) is 12.1 Å². The Morgan fingerprint density at radius 1 is 1.24 bits per heavy atom. The Balaban J connectivity index is 2.89. The molecule has 0 unspecified atom stereocenters. The van der Waals surface area contributed by atoms with Crippen molar-refractivity contribution in [1.29, 1.82) is 0 Å². The van der Waals surface area contributed by atoms with Crippen LogP contribution in [0.2, 0.25) is 0 Å². The van der Waals surface area contributed by atoms with Gasteiger partial charge < -0.3 is 10.1 Å². The van der Waals surface area contributed by atoms with Crippen molar-refractivity contribution in [2.24, 2.45) is 0 Å². The molecule has 0 saturated heterocycles. The first-order valence-corrected chi connectivity index (χ1v) is 5.29. The van der Waals surface area contributed by atoms with E-state index < -0.39 is 5.97 Å². The average molecular weight is 231 g/mol. The van der Waals surface area contributed by atoms with E-state index in [2.05, 4.69) is 4.98 Å². The Bertz CT molecular complexity index is 638. The molecule has 4 nitrogen and oxygen atoms in total. The van der Waals surface area contributed by atoms with Crippen molar-refractivity contribution < 1.29 is 14.7 Å². The van der Waals surface area contributed by atoms with Crippen molar-refractivity contribution in [3.8, 4) is 0 Å². The molecule has 1 heterocycles. The minimum absolute atomic E-state index is 0.0595. The number of benzene rings is 1. The van der Waals surface area contributed by atoms with Crippen molar-refractivity contribution in [3.63, 3.8) is 0 Å². The van der Waals surface area contributed by atoms with Gasteiger partial charge in [-0.2, -0.15) is 0 Å². The molecule has 0 amide bonds. The van der Waals surface area contributed by atoms with E-state index in [9.17, 15) is 9.59 Å². The van der Waals surface area contributed by atoms with Gasteiger partial charge in [-0.1, -0.05) is 0 Å². The number of fused-ring (bicyclic) bond motifs is 1. The van der Waals surface area contributed by atoms with E-state index in [1.165, 1.54) is 6.92 Å². The fourth-order valence-electron chi connectivity index (χ4n) is 2.18. The van der Waals surface area contributed by atoms with Crippen LogP contribution in [-0.2, 0) is 0 Å². The second-order valence-corrected chi connectivity index (χ2v) is 4.20. The minimum atomic E-state index is -0.983. The summed E-state index contributed by atoms with van der Waals surface area (Å²) in [6.45, 7) is 5.13. The van der Waals surface area contributed by atoms with Gasteiger partial charge in [0, 0.05) is 22.2 Å². The van der Waals surface area contributed by atoms with E-state index in [0.717, 1.165) is 16.8 Å². The van der Waals surface area contributed by atoms with Crippen LogP contribution in [0.4, 0.5) is 0 Å². The first kappa shape index (κ1) is 11.4. The third kappa shape index (κ3) is 1.71. The third-order valence-electron chi connectivity index (χ3n) is 2.89. The lowest BCUT2D eigenvalue weighted by atomic mass is 10.0. The average Bonchev–Trinajstić information content (AvgIpc) is 2.54. The fraction of sp³-hybridized carbons (Fsp3) is 0.231. The van der Waals surface area contributed by atoms with Crippen LogP contribution in [-0.4, -0.2) is 21.8 Å². The van der Waals surface area contributed by atoms with Gasteiger partial charge in [0.15, 0.2) is 5.78 Å². The van der Waals surface area contributed by atoms with Crippen molar-refractivity contribution in [1.82, 2.24) is 4.98 Å². The van der Waals surface area contributed by atoms with Crippen LogP contribution in [0.5, 0.6) is 0 Å². The Morgan fingerprint density at radius 2 is 1.88 bits per heavy atom. The van der Waals surface area contributed by atoms with Crippen LogP contribution in [0.3, 0.4) is 0 Å². The zero-order chi connectivity index (χ0) is 12.7. The van der Waals surface area contributed by atoms with E-state index in [1.807, 2.05) is 13.8 Å². The Morgan fingerprint density at radius 3 is 2.41 bits per heavy atom. The summed E-state index contributed by atoms with van der Waals surface area (Å²) >= 11 is 0. The monoisotopic (exact) mass is 231 g/mol. The topological polar surface area (TPSA) is 70.2 Å². The van der Waals surface area contributed by atoms with Crippen LogP contribution in [0.1, 0.15) is 38.9 Å². The number of hydrogen-bond donors (Lipinski definition) is 2. The quantitative estimate of drug-likeness (QED) is 0.780. The molecule has 88 valence electrons. The molecular weight excluding hydrogens is 218 g/mol. The molecule has 0 aliphatic heterocycles. The third-order valence-corrected chi connectivity index (χ3v) is 2.89. The number of hydrogen-bond acceptors (Lipinski definition) is 2. The number of carboxylic acids is 1. The van der Waals surface area contributed by atoms with Gasteiger partial charge in [-0.3, -0.25) is 4.79 Å². The van der Waals surface area contributed by atoms with Crippen LogP contribution < -0.4 is 0 Å². The molecule has 0 radical (unpaired) electrons. The number of ketones is 1. The number of Topliss-reactive ketones (excluding diaryl/α,β-unsaturated/α-hetero) is 1. The second-order valence-electron chi connectivity index (χ2n) is 4.20. The number of aromatic amines is 1. The van der Waals surface area contributed by atoms with Crippen LogP contribution >= 0.6 is 0 Å². The number of H-pyrrole nitrogens is 1. The Labute approximate surface area is 98.3 Å². The maximum Gasteiger partial charge on any atom is 0.335 e. The van der Waals surface area contributed by atoms with Crippen LogP contribution in [0.25, 0.3) is 10.9 Å². The number of aryl methyl sites for hydroxylation is 2. The fourth-order valence-corrected chi connectivity index (χ4v) is 2.18. The van der Waals surface area contributed by atoms with Crippen molar-refractivity contribution in [2.45, 2.75) is 20.8 Å². The van der Waals surface area contributed by atoms with Gasteiger partial charge in [0.05, 0.1) is 5.56 Å². The molecule has 4 heteroatoms. The van der Waals surface area contributed by atoms with Gasteiger partial charge in [-0.15, -0.1) is 0 Å². The lowest BCUT2D eigenvalue weighted by molar-refractivity contribution is 0.0696. The maximum atomic E-state index is 11.6. The van der Waals surface area contributed by atoms with E-state index in [4.69, 9.17) is 5.11 Å². The summed E-state index contributed by atoms with van der Waals surface area (Å²) in [6, 6.07) is 3.15. The molecule has 1 aromatic carbocycles. The molecule has 2 aromatic rings. The normalized spacial score (nSPS) is 10.8. The highest BCUT2D eigenvalue weighted by atomic mass is 16.4. The second kappa shape index (κ2) is 3.73. The SMILES string of the molecule is CC(=O)c1c(C)[nH]c2c(C)cc(C(=O)O)cc12. The molecule has 17 heavy (non-hydrogen) atoms. The zero-order valence-corrected chi connectivity index (χ0v) is 9.92. The molecule has 0 aliphatic rings. The number of carboxylic acid groups (broad SMARTS) is 1. The first-order valence-electron chi connectivity index (χ1n) is 5.29. The van der Waals surface area contributed by atoms with Gasteiger partial charge in [0.1, 0.15) is 0 Å². The van der Waals surface area contributed by atoms with E-state index in [-0.39, 0.29) is 11.3 Å².